The molecule has 2 heterocycles. The lowest BCUT2D eigenvalue weighted by Crippen LogP contribution is -2.46. The molecule has 50 heavy (non-hydrogen) atoms. The predicted octanol–water partition coefficient (Wildman–Crippen LogP) is 11.4. The van der Waals surface area contributed by atoms with Crippen molar-refractivity contribution in [3.63, 3.8) is 0 Å². The molecule has 2 atom stereocenters. The number of hydrogen-bond acceptors (Lipinski definition) is 4. The number of furan rings is 1. The number of hydrogen-bond donors (Lipinski definition) is 1. The minimum Gasteiger partial charge on any atom is -0.456 e. The molecule has 0 aliphatic carbocycles. The molecule has 2 unspecified atom stereocenters. The van der Waals surface area contributed by atoms with E-state index < -0.39 is 0 Å². The number of nitrogens with zero attached hydrogens (tertiary/aromatic N) is 2. The summed E-state index contributed by atoms with van der Waals surface area (Å²) in [6, 6.07) is 58.4. The second-order valence-corrected chi connectivity index (χ2v) is 13.3. The lowest BCUT2D eigenvalue weighted by molar-refractivity contribution is 0.153. The summed E-state index contributed by atoms with van der Waals surface area (Å²) < 4.78 is 6.63. The minimum atomic E-state index is -0.189. The van der Waals surface area contributed by atoms with Gasteiger partial charge in [-0.15, -0.1) is 0 Å². The van der Waals surface area contributed by atoms with Gasteiger partial charge in [-0.2, -0.15) is 0 Å². The van der Waals surface area contributed by atoms with E-state index in [0.717, 1.165) is 50.0 Å². The monoisotopic (exact) mass is 643 g/mol. The molecule has 0 bridgehead atoms. The lowest BCUT2D eigenvalue weighted by Gasteiger charge is -2.39. The average Bonchev–Trinajstić information content (AvgIpc) is 3.57. The zero-order chi connectivity index (χ0) is 33.2. The first-order valence-electron chi connectivity index (χ1n) is 17.2. The second-order valence-electron chi connectivity index (χ2n) is 13.3. The molecular weight excluding hydrogens is 611 g/mol. The molecule has 4 heteroatoms. The van der Waals surface area contributed by atoms with Crippen LogP contribution >= 0.6 is 0 Å². The van der Waals surface area contributed by atoms with Crippen LogP contribution in [0.15, 0.2) is 173 Å². The Morgan fingerprint density at radius 3 is 2.06 bits per heavy atom. The van der Waals surface area contributed by atoms with Crippen molar-refractivity contribution in [3.8, 4) is 11.1 Å². The van der Waals surface area contributed by atoms with Gasteiger partial charge in [-0.05, 0) is 80.3 Å². The van der Waals surface area contributed by atoms with Gasteiger partial charge in [-0.1, -0.05) is 140 Å². The molecule has 0 saturated carbocycles. The van der Waals surface area contributed by atoms with Crippen LogP contribution in [0.5, 0.6) is 0 Å². The third-order valence-electron chi connectivity index (χ3n) is 10.3. The Bertz CT molecular complexity index is 2780. The van der Waals surface area contributed by atoms with Crippen LogP contribution in [-0.2, 0) is 0 Å². The summed E-state index contributed by atoms with van der Waals surface area (Å²) >= 11 is 0. The number of nitrogens with one attached hydrogen (secondary N) is 1. The van der Waals surface area contributed by atoms with E-state index in [-0.39, 0.29) is 12.3 Å². The van der Waals surface area contributed by atoms with Gasteiger partial charge in [0.2, 0.25) is 0 Å². The van der Waals surface area contributed by atoms with E-state index in [2.05, 4.69) is 181 Å². The van der Waals surface area contributed by atoms with Gasteiger partial charge in [0.25, 0.3) is 0 Å². The normalized spacial score (nSPS) is 16.7. The third-order valence-corrected chi connectivity index (χ3v) is 10.3. The molecule has 10 rings (SSSR count). The van der Waals surface area contributed by atoms with Crippen molar-refractivity contribution in [2.45, 2.75) is 12.3 Å². The minimum absolute atomic E-state index is 0.183. The van der Waals surface area contributed by atoms with Crippen LogP contribution in [0.25, 0.3) is 65.4 Å². The molecule has 238 valence electrons. The standard InChI is InChI=1S/C46H33N3O/c1-49-45(32-13-3-2-4-14-32)47-44(35-26-21-29-11-5-6-15-33(29)27-35)48-46(49)38-18-10-20-41-43(38)42-37(17-9-19-40(42)50-41)34-25-24-31-23-22-30-12-7-8-16-36(30)39(31)28-34/h2-28,45-46H,1H3,(H,47,48). The van der Waals surface area contributed by atoms with E-state index in [4.69, 9.17) is 9.41 Å². The highest BCUT2D eigenvalue weighted by molar-refractivity contribution is 6.16. The van der Waals surface area contributed by atoms with Gasteiger partial charge in [-0.3, -0.25) is 4.90 Å². The number of aliphatic imine (C=N–C) groups is 1. The van der Waals surface area contributed by atoms with Gasteiger partial charge in [0.1, 0.15) is 29.3 Å². The summed E-state index contributed by atoms with van der Waals surface area (Å²) in [4.78, 5) is 7.67. The van der Waals surface area contributed by atoms with Crippen LogP contribution in [0.2, 0.25) is 0 Å². The van der Waals surface area contributed by atoms with Gasteiger partial charge < -0.3 is 9.73 Å². The largest absolute Gasteiger partial charge is 0.456 e. The van der Waals surface area contributed by atoms with Crippen LogP contribution in [0.4, 0.5) is 0 Å². The molecule has 8 aromatic carbocycles. The van der Waals surface area contributed by atoms with Gasteiger partial charge in [0, 0.05) is 21.9 Å². The van der Waals surface area contributed by atoms with E-state index in [0.29, 0.717) is 0 Å². The predicted molar refractivity (Wildman–Crippen MR) is 207 cm³/mol. The smallest absolute Gasteiger partial charge is 0.136 e. The van der Waals surface area contributed by atoms with Gasteiger partial charge in [-0.25, -0.2) is 4.99 Å². The lowest BCUT2D eigenvalue weighted by atomic mass is 9.93. The molecule has 4 nitrogen and oxygen atoms in total. The Hall–Kier alpha value is -6.23. The van der Waals surface area contributed by atoms with Crippen molar-refractivity contribution in [2.24, 2.45) is 4.99 Å². The molecule has 1 aliphatic rings. The molecule has 1 aromatic heterocycles. The summed E-state index contributed by atoms with van der Waals surface area (Å²) in [7, 11) is 2.16. The van der Waals surface area contributed by atoms with Crippen molar-refractivity contribution in [3.05, 3.63) is 180 Å². The fourth-order valence-electron chi connectivity index (χ4n) is 7.88. The van der Waals surface area contributed by atoms with Crippen molar-refractivity contribution in [2.75, 3.05) is 7.05 Å². The molecule has 1 aliphatic heterocycles. The molecule has 0 spiro atoms. The molecule has 0 saturated heterocycles. The van der Waals surface area contributed by atoms with Crippen LogP contribution in [0.1, 0.15) is 29.0 Å². The van der Waals surface area contributed by atoms with Gasteiger partial charge in [0.05, 0.1) is 0 Å². The van der Waals surface area contributed by atoms with E-state index in [1.165, 1.54) is 37.9 Å². The average molecular weight is 644 g/mol. The molecule has 0 radical (unpaired) electrons. The second kappa shape index (κ2) is 11.4. The zero-order valence-corrected chi connectivity index (χ0v) is 27.5. The van der Waals surface area contributed by atoms with Crippen molar-refractivity contribution in [1.29, 1.82) is 0 Å². The van der Waals surface area contributed by atoms with Crippen LogP contribution in [-0.4, -0.2) is 17.8 Å². The van der Waals surface area contributed by atoms with Crippen LogP contribution in [0, 0.1) is 0 Å². The fourth-order valence-corrected chi connectivity index (χ4v) is 7.88. The number of benzene rings is 8. The highest BCUT2D eigenvalue weighted by Gasteiger charge is 2.33. The summed E-state index contributed by atoms with van der Waals surface area (Å²) in [5, 5.41) is 13.5. The Kier molecular flexibility index (Phi) is 6.58. The highest BCUT2D eigenvalue weighted by atomic mass is 16.3. The summed E-state index contributed by atoms with van der Waals surface area (Å²) in [5.74, 6) is 0.874. The Balaban J connectivity index is 1.17. The molecule has 0 amide bonds. The first kappa shape index (κ1) is 28.8. The molecule has 9 aromatic rings. The zero-order valence-electron chi connectivity index (χ0n) is 27.5. The maximum absolute atomic E-state index is 6.63. The van der Waals surface area contributed by atoms with Gasteiger partial charge in [0.15, 0.2) is 0 Å². The van der Waals surface area contributed by atoms with Crippen molar-refractivity contribution >= 4 is 60.1 Å². The maximum Gasteiger partial charge on any atom is 0.136 e. The Morgan fingerprint density at radius 2 is 1.20 bits per heavy atom. The van der Waals surface area contributed by atoms with E-state index in [9.17, 15) is 0 Å². The van der Waals surface area contributed by atoms with Crippen molar-refractivity contribution in [1.82, 2.24) is 10.2 Å². The number of fused-ring (bicyclic) bond motifs is 7. The van der Waals surface area contributed by atoms with Gasteiger partial charge >= 0.3 is 0 Å². The first-order valence-corrected chi connectivity index (χ1v) is 17.2. The van der Waals surface area contributed by atoms with Crippen LogP contribution in [0.3, 0.4) is 0 Å². The Morgan fingerprint density at radius 1 is 0.540 bits per heavy atom. The van der Waals surface area contributed by atoms with E-state index >= 15 is 0 Å². The number of rotatable bonds is 4. The maximum atomic E-state index is 6.63. The number of amidine groups is 1. The summed E-state index contributed by atoms with van der Waals surface area (Å²) in [5.41, 5.74) is 7.44. The van der Waals surface area contributed by atoms with E-state index in [1.54, 1.807) is 0 Å². The first-order chi connectivity index (χ1) is 24.7. The quantitative estimate of drug-likeness (QED) is 0.194. The van der Waals surface area contributed by atoms with Crippen LogP contribution < -0.4 is 5.32 Å². The third kappa shape index (κ3) is 4.61. The summed E-state index contributed by atoms with van der Waals surface area (Å²) in [6.07, 6.45) is -0.372. The van der Waals surface area contributed by atoms with E-state index in [1.807, 2.05) is 0 Å². The molecule has 1 N–H and O–H groups in total. The molecular formula is C46H33N3O. The summed E-state index contributed by atoms with van der Waals surface area (Å²) in [6.45, 7) is 0. The van der Waals surface area contributed by atoms with Crippen molar-refractivity contribution < 1.29 is 4.42 Å². The topological polar surface area (TPSA) is 40.8 Å². The molecule has 0 fully saturated rings. The SMILES string of the molecule is CN1C(c2ccccc2)N=C(c2ccc3ccccc3c2)NC1c1cccc2oc3cccc(-c4ccc5ccc6ccccc6c5c4)c3c12. The fraction of sp³-hybridized carbons (Fsp3) is 0.0652. The Labute approximate surface area is 289 Å². The highest BCUT2D eigenvalue weighted by Crippen LogP contribution is 2.43.